The van der Waals surface area contributed by atoms with Crippen molar-refractivity contribution in [3.8, 4) is 0 Å². The number of hydrogen-bond donors (Lipinski definition) is 0. The lowest BCUT2D eigenvalue weighted by Gasteiger charge is -1.99. The Bertz CT molecular complexity index is 461. The van der Waals surface area contributed by atoms with Crippen molar-refractivity contribution < 1.29 is 4.39 Å². The average Bonchev–Trinajstić information content (AvgIpc) is 2.22. The fraction of sp³-hybridized carbons (Fsp3) is 0. The summed E-state index contributed by atoms with van der Waals surface area (Å²) in [5.74, 6) is -0.492. The van der Waals surface area contributed by atoms with Crippen molar-refractivity contribution in [3.05, 3.63) is 47.6 Å². The predicted octanol–water partition coefficient (Wildman–Crippen LogP) is 3.42. The van der Waals surface area contributed by atoms with Crippen LogP contribution in [0.15, 0.2) is 46.6 Å². The molecule has 0 bridgehead atoms. The zero-order chi connectivity index (χ0) is 10.7. The molecule has 0 aliphatic rings. The van der Waals surface area contributed by atoms with Gasteiger partial charge in [0.25, 0.3) is 0 Å². The largest absolute Gasteiger partial charge is 0.248 e. The molecule has 0 saturated carbocycles. The number of aromatic nitrogens is 2. The first-order valence-corrected chi connectivity index (χ1v) is 5.34. The second kappa shape index (κ2) is 4.59. The third-order valence-corrected chi connectivity index (χ3v) is 2.78. The summed E-state index contributed by atoms with van der Waals surface area (Å²) < 4.78 is 12.8. The van der Waals surface area contributed by atoms with Gasteiger partial charge in [-0.1, -0.05) is 23.4 Å². The van der Waals surface area contributed by atoms with E-state index in [9.17, 15) is 4.39 Å². The van der Waals surface area contributed by atoms with Crippen molar-refractivity contribution >= 4 is 23.4 Å². The summed E-state index contributed by atoms with van der Waals surface area (Å²) in [7, 11) is 0. The van der Waals surface area contributed by atoms with Gasteiger partial charge in [0.2, 0.25) is 5.95 Å². The molecule has 0 aliphatic carbocycles. The molecular weight excluding hydrogens is 235 g/mol. The molecule has 0 fully saturated rings. The molecular formula is C10H6ClFN2S. The minimum atomic E-state index is -0.492. The van der Waals surface area contributed by atoms with Crippen LogP contribution in [0.5, 0.6) is 0 Å². The van der Waals surface area contributed by atoms with Crippen LogP contribution in [0.4, 0.5) is 4.39 Å². The fourth-order valence-corrected chi connectivity index (χ4v) is 1.87. The summed E-state index contributed by atoms with van der Waals surface area (Å²) in [5, 5.41) is 1.35. The highest BCUT2D eigenvalue weighted by Crippen LogP contribution is 2.26. The number of rotatable bonds is 2. The van der Waals surface area contributed by atoms with Crippen molar-refractivity contribution in [2.75, 3.05) is 0 Å². The van der Waals surface area contributed by atoms with E-state index in [2.05, 4.69) is 9.97 Å². The molecule has 2 nitrogen and oxygen atoms in total. The molecule has 0 N–H and O–H groups in total. The standard InChI is InChI=1S/C10H6ClFN2S/c11-7-1-2-10(14-6-7)15-8-3-4-13-9(12)5-8/h1-6H. The van der Waals surface area contributed by atoms with Crippen LogP contribution in [0, 0.1) is 5.95 Å². The Balaban J connectivity index is 2.18. The summed E-state index contributed by atoms with van der Waals surface area (Å²) in [6.07, 6.45) is 2.98. The molecule has 2 aromatic rings. The quantitative estimate of drug-likeness (QED) is 0.753. The van der Waals surface area contributed by atoms with Crippen molar-refractivity contribution in [1.82, 2.24) is 9.97 Å². The van der Waals surface area contributed by atoms with Crippen LogP contribution in [0.2, 0.25) is 5.02 Å². The first-order chi connectivity index (χ1) is 7.24. The van der Waals surface area contributed by atoms with Crippen LogP contribution in [-0.4, -0.2) is 9.97 Å². The third kappa shape index (κ3) is 2.91. The molecule has 15 heavy (non-hydrogen) atoms. The highest BCUT2D eigenvalue weighted by atomic mass is 35.5. The molecule has 0 aromatic carbocycles. The zero-order valence-electron chi connectivity index (χ0n) is 7.52. The highest BCUT2D eigenvalue weighted by molar-refractivity contribution is 7.99. The molecule has 0 spiro atoms. The molecule has 0 unspecified atom stereocenters. The lowest BCUT2D eigenvalue weighted by molar-refractivity contribution is 0.579. The number of hydrogen-bond acceptors (Lipinski definition) is 3. The molecule has 2 aromatic heterocycles. The van der Waals surface area contributed by atoms with E-state index in [-0.39, 0.29) is 0 Å². The smallest absolute Gasteiger partial charge is 0.213 e. The minimum absolute atomic E-state index is 0.492. The minimum Gasteiger partial charge on any atom is -0.248 e. The van der Waals surface area contributed by atoms with Gasteiger partial charge in [0.1, 0.15) is 5.03 Å². The van der Waals surface area contributed by atoms with E-state index in [0.717, 1.165) is 9.92 Å². The Morgan fingerprint density at radius 3 is 2.73 bits per heavy atom. The van der Waals surface area contributed by atoms with Crippen molar-refractivity contribution in [2.24, 2.45) is 0 Å². The lowest BCUT2D eigenvalue weighted by Crippen LogP contribution is -1.83. The van der Waals surface area contributed by atoms with Crippen molar-refractivity contribution in [1.29, 1.82) is 0 Å². The SMILES string of the molecule is Fc1cc(Sc2ccc(Cl)cn2)ccn1. The first-order valence-electron chi connectivity index (χ1n) is 4.15. The second-order valence-electron chi connectivity index (χ2n) is 2.73. The monoisotopic (exact) mass is 240 g/mol. The molecule has 0 radical (unpaired) electrons. The van der Waals surface area contributed by atoms with Gasteiger partial charge in [0, 0.05) is 23.4 Å². The van der Waals surface area contributed by atoms with Crippen LogP contribution in [0.3, 0.4) is 0 Å². The predicted molar refractivity (Wildman–Crippen MR) is 57.6 cm³/mol. The molecule has 0 atom stereocenters. The van der Waals surface area contributed by atoms with Gasteiger partial charge in [-0.25, -0.2) is 9.97 Å². The lowest BCUT2D eigenvalue weighted by atomic mass is 10.5. The maximum Gasteiger partial charge on any atom is 0.213 e. The van der Waals surface area contributed by atoms with Crippen LogP contribution in [0.25, 0.3) is 0 Å². The molecule has 0 saturated heterocycles. The topological polar surface area (TPSA) is 25.8 Å². The molecule has 2 rings (SSSR count). The number of pyridine rings is 2. The van der Waals surface area contributed by atoms with E-state index in [1.807, 2.05) is 0 Å². The Morgan fingerprint density at radius 2 is 2.07 bits per heavy atom. The van der Waals surface area contributed by atoms with Crippen LogP contribution >= 0.6 is 23.4 Å². The van der Waals surface area contributed by atoms with E-state index in [0.29, 0.717) is 5.02 Å². The Hall–Kier alpha value is -1.13. The molecule has 5 heteroatoms. The molecule has 2 heterocycles. The summed E-state index contributed by atoms with van der Waals surface area (Å²) in [5.41, 5.74) is 0. The van der Waals surface area contributed by atoms with Crippen LogP contribution in [-0.2, 0) is 0 Å². The summed E-state index contributed by atoms with van der Waals surface area (Å²) >= 11 is 7.06. The number of nitrogens with zero attached hydrogens (tertiary/aromatic N) is 2. The van der Waals surface area contributed by atoms with Gasteiger partial charge in [-0.05, 0) is 18.2 Å². The average molecular weight is 241 g/mol. The fourth-order valence-electron chi connectivity index (χ4n) is 0.992. The van der Waals surface area contributed by atoms with E-state index >= 15 is 0 Å². The third-order valence-electron chi connectivity index (χ3n) is 1.62. The van der Waals surface area contributed by atoms with E-state index in [4.69, 9.17) is 11.6 Å². The molecule has 0 amide bonds. The van der Waals surface area contributed by atoms with Gasteiger partial charge < -0.3 is 0 Å². The van der Waals surface area contributed by atoms with Crippen LogP contribution in [0.1, 0.15) is 0 Å². The van der Waals surface area contributed by atoms with Gasteiger partial charge in [0.15, 0.2) is 0 Å². The highest BCUT2D eigenvalue weighted by Gasteiger charge is 2.00. The summed E-state index contributed by atoms with van der Waals surface area (Å²) in [6, 6.07) is 6.62. The Labute approximate surface area is 95.5 Å². The van der Waals surface area contributed by atoms with E-state index in [1.165, 1.54) is 24.0 Å². The molecule has 76 valence electrons. The normalized spacial score (nSPS) is 10.3. The Kier molecular flexibility index (Phi) is 3.18. The van der Waals surface area contributed by atoms with E-state index < -0.39 is 5.95 Å². The van der Waals surface area contributed by atoms with Gasteiger partial charge in [-0.2, -0.15) is 4.39 Å². The summed E-state index contributed by atoms with van der Waals surface area (Å²) in [4.78, 5) is 8.33. The summed E-state index contributed by atoms with van der Waals surface area (Å²) in [6.45, 7) is 0. The Morgan fingerprint density at radius 1 is 1.20 bits per heavy atom. The van der Waals surface area contributed by atoms with Crippen molar-refractivity contribution in [2.45, 2.75) is 9.92 Å². The van der Waals surface area contributed by atoms with Gasteiger partial charge in [-0.3, -0.25) is 0 Å². The van der Waals surface area contributed by atoms with Gasteiger partial charge in [0.05, 0.1) is 5.02 Å². The second-order valence-corrected chi connectivity index (χ2v) is 4.26. The van der Waals surface area contributed by atoms with Gasteiger partial charge >= 0.3 is 0 Å². The maximum absolute atomic E-state index is 12.8. The molecule has 0 aliphatic heterocycles. The van der Waals surface area contributed by atoms with Crippen LogP contribution < -0.4 is 0 Å². The zero-order valence-corrected chi connectivity index (χ0v) is 9.10. The first kappa shape index (κ1) is 10.4. The van der Waals surface area contributed by atoms with Crippen molar-refractivity contribution in [3.63, 3.8) is 0 Å². The number of halogens is 2. The maximum atomic E-state index is 12.8. The van der Waals surface area contributed by atoms with Gasteiger partial charge in [-0.15, -0.1) is 0 Å². The van der Waals surface area contributed by atoms with E-state index in [1.54, 1.807) is 24.4 Å².